The van der Waals surface area contributed by atoms with Crippen LogP contribution >= 0.6 is 11.3 Å². The van der Waals surface area contributed by atoms with Crippen molar-refractivity contribution in [3.8, 4) is 0 Å². The second kappa shape index (κ2) is 12.6. The summed E-state index contributed by atoms with van der Waals surface area (Å²) in [5.41, 5.74) is 3.51. The van der Waals surface area contributed by atoms with Gasteiger partial charge in [0, 0.05) is 18.2 Å². The Labute approximate surface area is 221 Å². The number of nitrogens with zero attached hydrogens (tertiary/aromatic N) is 1. The highest BCUT2D eigenvalue weighted by Crippen LogP contribution is 2.28. The number of hydrogen-bond acceptors (Lipinski definition) is 6. The van der Waals surface area contributed by atoms with E-state index in [1.807, 2.05) is 66.1 Å². The molecule has 3 aromatic carbocycles. The number of carboxylic acids is 1. The maximum atomic E-state index is 12.0. The van der Waals surface area contributed by atoms with E-state index in [-0.39, 0.29) is 4.90 Å². The fraction of sp³-hybridized carbons (Fsp3) is 0.214. The topological polar surface area (TPSA) is 110 Å². The molecule has 2 N–H and O–H groups in total. The van der Waals surface area contributed by atoms with Crippen LogP contribution in [0.4, 0.5) is 5.69 Å². The molecule has 0 aliphatic heterocycles. The van der Waals surface area contributed by atoms with Gasteiger partial charge in [-0.1, -0.05) is 79.3 Å². The molecule has 1 aromatic heterocycles. The third kappa shape index (κ3) is 7.48. The van der Waals surface area contributed by atoms with Gasteiger partial charge in [-0.2, -0.15) is 4.57 Å². The number of anilines is 1. The maximum Gasteiger partial charge on any atom is 0.373 e. The van der Waals surface area contributed by atoms with Gasteiger partial charge in [0.1, 0.15) is 20.5 Å². The van der Waals surface area contributed by atoms with Gasteiger partial charge in [0.25, 0.3) is 11.0 Å². The van der Waals surface area contributed by atoms with Crippen LogP contribution in [0.2, 0.25) is 0 Å². The second-order valence-corrected chi connectivity index (χ2v) is 10.9. The summed E-state index contributed by atoms with van der Waals surface area (Å²) in [4.78, 5) is 11.8. The molecule has 0 saturated heterocycles. The van der Waals surface area contributed by atoms with Gasteiger partial charge in [-0.3, -0.25) is 0 Å². The number of unbranched alkanes of at least 4 members (excludes halogenated alkanes) is 1. The summed E-state index contributed by atoms with van der Waals surface area (Å²) >= 11 is 1.57. The zero-order valence-electron chi connectivity index (χ0n) is 20.8. The molecule has 7 nitrogen and oxygen atoms in total. The number of nitrogens with one attached hydrogen (secondary N) is 1. The molecule has 0 amide bonds. The fourth-order valence-corrected chi connectivity index (χ4v) is 5.33. The molecule has 0 fully saturated rings. The van der Waals surface area contributed by atoms with Gasteiger partial charge in [0.05, 0.1) is 4.90 Å². The summed E-state index contributed by atoms with van der Waals surface area (Å²) in [7, 11) is -4.27. The van der Waals surface area contributed by atoms with E-state index in [0.29, 0.717) is 12.1 Å². The molecule has 1 unspecified atom stereocenters. The van der Waals surface area contributed by atoms with E-state index in [0.717, 1.165) is 39.3 Å². The number of hydrogen-bond donors (Lipinski definition) is 2. The van der Waals surface area contributed by atoms with Gasteiger partial charge in [-0.05, 0) is 43.7 Å². The van der Waals surface area contributed by atoms with Crippen LogP contribution in [0.25, 0.3) is 15.9 Å². The molecule has 0 radical (unpaired) electrons. The molecule has 0 saturated carbocycles. The third-order valence-corrected chi connectivity index (χ3v) is 7.67. The summed E-state index contributed by atoms with van der Waals surface area (Å²) in [5.74, 6) is -0.805. The van der Waals surface area contributed by atoms with Crippen molar-refractivity contribution in [2.45, 2.75) is 44.0 Å². The molecule has 194 valence electrons. The Balaban J connectivity index is 0.000000289. The minimum absolute atomic E-state index is 0.178. The highest BCUT2D eigenvalue weighted by molar-refractivity contribution is 7.85. The minimum Gasteiger partial charge on any atom is -0.744 e. The lowest BCUT2D eigenvalue weighted by Gasteiger charge is -2.11. The van der Waals surface area contributed by atoms with Crippen LogP contribution < -0.4 is 9.88 Å². The van der Waals surface area contributed by atoms with E-state index in [1.54, 1.807) is 23.5 Å². The van der Waals surface area contributed by atoms with Crippen LogP contribution in [-0.2, 0) is 14.9 Å². The predicted octanol–water partition coefficient (Wildman–Crippen LogP) is 5.99. The van der Waals surface area contributed by atoms with Gasteiger partial charge >= 0.3 is 5.97 Å². The number of thiazole rings is 1. The Morgan fingerprint density at radius 1 is 1.05 bits per heavy atom. The first kappa shape index (κ1) is 28.0. The van der Waals surface area contributed by atoms with Crippen molar-refractivity contribution in [3.05, 3.63) is 96.0 Å². The largest absolute Gasteiger partial charge is 0.744 e. The Morgan fingerprint density at radius 2 is 1.68 bits per heavy atom. The smallest absolute Gasteiger partial charge is 0.373 e. The molecule has 0 aliphatic rings. The van der Waals surface area contributed by atoms with Crippen LogP contribution in [0.3, 0.4) is 0 Å². The van der Waals surface area contributed by atoms with Crippen molar-refractivity contribution in [1.29, 1.82) is 0 Å². The van der Waals surface area contributed by atoms with Crippen molar-refractivity contribution in [2.24, 2.45) is 0 Å². The number of rotatable bonds is 9. The monoisotopic (exact) mass is 538 g/mol. The molecule has 37 heavy (non-hydrogen) atoms. The van der Waals surface area contributed by atoms with E-state index in [9.17, 15) is 22.9 Å². The lowest BCUT2D eigenvalue weighted by Crippen LogP contribution is -2.46. The molecule has 4 rings (SSSR count). The number of aryl methyl sites for hydroxylation is 1. The standard InChI is InChI=1S/C21H22N2O2S.C7H8O3S/c1-3-4-12-18(21(24)25)23-17-13-8-9-14-19(17)26-20(23)15(2)22-16-10-6-5-7-11-16;1-6-2-4-7(5-3-6)11(8,9)10/h5-11,13-14,18,22H,2-4,12H2,1H3;2-5H,1H3,(H,8,9,10). The van der Waals surface area contributed by atoms with Crippen LogP contribution in [0.1, 0.15) is 42.8 Å². The van der Waals surface area contributed by atoms with Gasteiger partial charge < -0.3 is 15.0 Å². The average Bonchev–Trinajstić information content (AvgIpc) is 3.24. The molecular weight excluding hydrogens is 508 g/mol. The van der Waals surface area contributed by atoms with Gasteiger partial charge in [0.15, 0.2) is 0 Å². The zero-order chi connectivity index (χ0) is 27.0. The molecule has 0 aliphatic carbocycles. The first-order valence-corrected chi connectivity index (χ1v) is 14.0. The number of carbonyl (C=O) groups is 1. The summed E-state index contributed by atoms with van der Waals surface area (Å²) in [6.45, 7) is 8.08. The van der Waals surface area contributed by atoms with E-state index < -0.39 is 22.1 Å². The molecule has 9 heteroatoms. The number of carboxylic acid groups (broad SMARTS) is 1. The number of aliphatic carboxylic acids is 1. The second-order valence-electron chi connectivity index (χ2n) is 8.48. The van der Waals surface area contributed by atoms with E-state index in [2.05, 4.69) is 18.8 Å². The maximum absolute atomic E-state index is 12.0. The zero-order valence-corrected chi connectivity index (χ0v) is 22.4. The van der Waals surface area contributed by atoms with Crippen molar-refractivity contribution in [1.82, 2.24) is 0 Å². The molecule has 4 aromatic rings. The van der Waals surface area contributed by atoms with Crippen LogP contribution in [0.5, 0.6) is 0 Å². The van der Waals surface area contributed by atoms with Crippen LogP contribution in [0, 0.1) is 6.92 Å². The van der Waals surface area contributed by atoms with E-state index >= 15 is 0 Å². The third-order valence-electron chi connectivity index (χ3n) is 5.61. The quantitative estimate of drug-likeness (QED) is 0.200. The Bertz CT molecular complexity index is 1460. The predicted molar refractivity (Wildman–Crippen MR) is 146 cm³/mol. The van der Waals surface area contributed by atoms with Crippen molar-refractivity contribution >= 4 is 49.0 Å². The molecule has 1 heterocycles. The Morgan fingerprint density at radius 3 is 2.27 bits per heavy atom. The highest BCUT2D eigenvalue weighted by atomic mass is 32.2. The van der Waals surface area contributed by atoms with Crippen molar-refractivity contribution in [3.63, 3.8) is 0 Å². The van der Waals surface area contributed by atoms with Gasteiger partial charge in [-0.25, -0.2) is 13.2 Å². The van der Waals surface area contributed by atoms with Crippen molar-refractivity contribution in [2.75, 3.05) is 5.32 Å². The van der Waals surface area contributed by atoms with Gasteiger partial charge in [0.2, 0.25) is 5.52 Å². The number of benzene rings is 3. The normalized spacial score (nSPS) is 11.9. The molecule has 0 spiro atoms. The number of para-hydroxylation sites is 2. The summed E-state index contributed by atoms with van der Waals surface area (Å²) in [6, 6.07) is 22.9. The fourth-order valence-electron chi connectivity index (χ4n) is 3.74. The molecule has 0 bridgehead atoms. The molecule has 1 atom stereocenters. The minimum atomic E-state index is -4.27. The Hall–Kier alpha value is -3.53. The summed E-state index contributed by atoms with van der Waals surface area (Å²) in [5, 5.41) is 14.0. The Kier molecular flexibility index (Phi) is 9.57. The highest BCUT2D eigenvalue weighted by Gasteiger charge is 2.35. The lowest BCUT2D eigenvalue weighted by atomic mass is 10.1. The summed E-state index contributed by atoms with van der Waals surface area (Å²) in [6.07, 6.45) is 2.43. The SMILES string of the molecule is C=C(Nc1ccccc1)c1sc2ccccc2[n+]1C(CCCC)C(=O)O.Cc1ccc(S(=O)(=O)[O-])cc1. The average molecular weight is 539 g/mol. The lowest BCUT2D eigenvalue weighted by molar-refractivity contribution is -0.684. The number of fused-ring (bicyclic) bond motifs is 1. The van der Waals surface area contributed by atoms with Gasteiger partial charge in [-0.15, -0.1) is 0 Å². The number of aromatic nitrogens is 1. The van der Waals surface area contributed by atoms with E-state index in [4.69, 9.17) is 0 Å². The first-order chi connectivity index (χ1) is 17.6. The van der Waals surface area contributed by atoms with Crippen LogP contribution in [0.15, 0.2) is 90.3 Å². The van der Waals surface area contributed by atoms with Crippen molar-refractivity contribution < 1.29 is 27.4 Å². The molecular formula is C28H30N2O5S2. The first-order valence-electron chi connectivity index (χ1n) is 11.8. The van der Waals surface area contributed by atoms with E-state index in [1.165, 1.54) is 12.1 Å². The van der Waals surface area contributed by atoms with Crippen LogP contribution in [-0.4, -0.2) is 24.0 Å². The summed E-state index contributed by atoms with van der Waals surface area (Å²) < 4.78 is 34.1.